The second-order valence-electron chi connectivity index (χ2n) is 6.39. The van der Waals surface area contributed by atoms with E-state index in [-0.39, 0.29) is 0 Å². The second kappa shape index (κ2) is 11.9. The van der Waals surface area contributed by atoms with Crippen molar-refractivity contribution in [3.8, 4) is 0 Å². The Morgan fingerprint density at radius 1 is 0.929 bits per heavy atom. The zero-order chi connectivity index (χ0) is 22.0. The first-order valence-corrected chi connectivity index (χ1v) is 8.66. The van der Waals surface area contributed by atoms with Gasteiger partial charge in [0.1, 0.15) is 18.1 Å². The van der Waals surface area contributed by atoms with Crippen molar-refractivity contribution in [2.24, 2.45) is 11.7 Å². The van der Waals surface area contributed by atoms with Gasteiger partial charge < -0.3 is 37.0 Å². The summed E-state index contributed by atoms with van der Waals surface area (Å²) in [6, 6.07) is -5.19. The van der Waals surface area contributed by atoms with Crippen LogP contribution in [-0.4, -0.2) is 75.8 Å². The zero-order valence-electron chi connectivity index (χ0n) is 16.0. The minimum atomic E-state index is -1.44. The van der Waals surface area contributed by atoms with E-state index in [4.69, 9.17) is 15.9 Å². The van der Waals surface area contributed by atoms with Gasteiger partial charge in [0.2, 0.25) is 17.7 Å². The molecule has 160 valence electrons. The fourth-order valence-corrected chi connectivity index (χ4v) is 2.07. The zero-order valence-corrected chi connectivity index (χ0v) is 16.0. The number of carbonyl (C=O) groups is 5. The number of carboxylic acids is 2. The molecule has 8 N–H and O–H groups in total. The van der Waals surface area contributed by atoms with Crippen LogP contribution in [0.4, 0.5) is 0 Å². The van der Waals surface area contributed by atoms with Crippen molar-refractivity contribution in [1.82, 2.24) is 16.0 Å². The van der Waals surface area contributed by atoms with Crippen LogP contribution in [0, 0.1) is 5.92 Å². The average Bonchev–Trinajstić information content (AvgIpc) is 2.61. The summed E-state index contributed by atoms with van der Waals surface area (Å²) >= 11 is 0. The van der Waals surface area contributed by atoms with E-state index in [0.717, 1.165) is 0 Å². The Balaban J connectivity index is 5.18. The molecular weight excluding hydrogens is 376 g/mol. The Kier molecular flexibility index (Phi) is 10.7. The van der Waals surface area contributed by atoms with Crippen LogP contribution in [0.2, 0.25) is 0 Å². The Morgan fingerprint density at radius 3 is 1.93 bits per heavy atom. The summed E-state index contributed by atoms with van der Waals surface area (Å²) in [5.41, 5.74) is 5.48. The van der Waals surface area contributed by atoms with Gasteiger partial charge in [-0.3, -0.25) is 24.0 Å². The normalized spacial score (nSPS) is 16.0. The quantitative estimate of drug-likeness (QED) is 0.181. The maximum Gasteiger partial charge on any atom is 0.325 e. The van der Waals surface area contributed by atoms with Gasteiger partial charge in [-0.1, -0.05) is 20.3 Å². The lowest BCUT2D eigenvalue weighted by atomic mass is 9.97. The van der Waals surface area contributed by atoms with E-state index in [1.54, 1.807) is 13.8 Å². The van der Waals surface area contributed by atoms with Crippen LogP contribution in [0.3, 0.4) is 0 Å². The van der Waals surface area contributed by atoms with Crippen molar-refractivity contribution in [2.75, 3.05) is 6.61 Å². The summed E-state index contributed by atoms with van der Waals surface area (Å²) in [5, 5.41) is 33.6. The summed E-state index contributed by atoms with van der Waals surface area (Å²) in [6.45, 7) is 3.80. The molecule has 12 nitrogen and oxygen atoms in total. The Bertz CT molecular complexity index is 597. The molecule has 0 aliphatic heterocycles. The van der Waals surface area contributed by atoms with E-state index >= 15 is 0 Å². The first kappa shape index (κ1) is 25.3. The number of aliphatic hydroxyl groups excluding tert-OH is 1. The molecule has 0 radical (unpaired) electrons. The minimum Gasteiger partial charge on any atom is -0.481 e. The van der Waals surface area contributed by atoms with Crippen LogP contribution in [0.25, 0.3) is 0 Å². The van der Waals surface area contributed by atoms with Crippen molar-refractivity contribution >= 4 is 29.7 Å². The molecule has 0 fully saturated rings. The number of hydrogen-bond donors (Lipinski definition) is 7. The molecule has 0 aliphatic carbocycles. The van der Waals surface area contributed by atoms with Gasteiger partial charge in [0.25, 0.3) is 0 Å². The highest BCUT2D eigenvalue weighted by Crippen LogP contribution is 2.09. The molecule has 0 bridgehead atoms. The Hall–Kier alpha value is -2.73. The number of hydrogen-bond acceptors (Lipinski definition) is 7. The predicted molar refractivity (Wildman–Crippen MR) is 95.9 cm³/mol. The number of aliphatic carboxylic acids is 2. The van der Waals surface area contributed by atoms with Gasteiger partial charge in [0, 0.05) is 0 Å². The van der Waals surface area contributed by atoms with Gasteiger partial charge in [-0.25, -0.2) is 0 Å². The van der Waals surface area contributed by atoms with Crippen molar-refractivity contribution in [3.63, 3.8) is 0 Å². The molecule has 0 aromatic rings. The standard InChI is InChI=1S/C16H28N4O8/c1-4-7(2)12(20-13(24)9(17)5-11(22)23)15(26)19-10(6-21)14(25)18-8(3)16(27)28/h7-10,12,21H,4-6,17H2,1-3H3,(H,18,25)(H,19,26)(H,20,24)(H,22,23)(H,27,28). The van der Waals surface area contributed by atoms with Gasteiger partial charge >= 0.3 is 11.9 Å². The number of carbonyl (C=O) groups excluding carboxylic acids is 3. The maximum atomic E-state index is 12.5. The third kappa shape index (κ3) is 8.31. The number of amides is 3. The van der Waals surface area contributed by atoms with E-state index < -0.39 is 72.8 Å². The summed E-state index contributed by atoms with van der Waals surface area (Å²) in [4.78, 5) is 58.1. The van der Waals surface area contributed by atoms with Crippen LogP contribution in [0.15, 0.2) is 0 Å². The van der Waals surface area contributed by atoms with Crippen LogP contribution in [0.1, 0.15) is 33.6 Å². The van der Waals surface area contributed by atoms with E-state index in [2.05, 4.69) is 16.0 Å². The summed E-state index contributed by atoms with van der Waals surface area (Å²) in [5.74, 6) is -5.55. The molecule has 5 unspecified atom stereocenters. The molecule has 0 saturated carbocycles. The number of carboxylic acid groups (broad SMARTS) is 2. The van der Waals surface area contributed by atoms with E-state index in [1.807, 2.05) is 0 Å². The first-order chi connectivity index (χ1) is 12.9. The van der Waals surface area contributed by atoms with E-state index in [1.165, 1.54) is 6.92 Å². The molecule has 12 heteroatoms. The molecule has 0 heterocycles. The molecule has 0 aromatic heterocycles. The predicted octanol–water partition coefficient (Wildman–Crippen LogP) is -2.61. The second-order valence-corrected chi connectivity index (χ2v) is 6.39. The smallest absolute Gasteiger partial charge is 0.325 e. The number of nitrogens with two attached hydrogens (primary N) is 1. The molecular formula is C16H28N4O8. The van der Waals surface area contributed by atoms with Gasteiger partial charge in [-0.05, 0) is 12.8 Å². The molecule has 5 atom stereocenters. The fraction of sp³-hybridized carbons (Fsp3) is 0.688. The molecule has 0 aliphatic rings. The molecule has 0 spiro atoms. The Morgan fingerprint density at radius 2 is 1.50 bits per heavy atom. The molecule has 28 heavy (non-hydrogen) atoms. The van der Waals surface area contributed by atoms with Crippen molar-refractivity contribution in [1.29, 1.82) is 0 Å². The molecule has 0 aromatic carbocycles. The summed E-state index contributed by atoms with van der Waals surface area (Å²) in [6.07, 6.45) is -0.173. The average molecular weight is 404 g/mol. The summed E-state index contributed by atoms with van der Waals surface area (Å²) in [7, 11) is 0. The van der Waals surface area contributed by atoms with E-state index in [0.29, 0.717) is 6.42 Å². The number of aliphatic hydroxyl groups is 1. The van der Waals surface area contributed by atoms with Gasteiger partial charge in [0.15, 0.2) is 0 Å². The van der Waals surface area contributed by atoms with Gasteiger partial charge in [-0.15, -0.1) is 0 Å². The lowest BCUT2D eigenvalue weighted by molar-refractivity contribution is -0.142. The van der Waals surface area contributed by atoms with Crippen molar-refractivity contribution in [2.45, 2.75) is 57.8 Å². The van der Waals surface area contributed by atoms with Crippen LogP contribution in [-0.2, 0) is 24.0 Å². The number of rotatable bonds is 12. The van der Waals surface area contributed by atoms with Crippen molar-refractivity contribution < 1.29 is 39.3 Å². The molecule has 3 amide bonds. The monoisotopic (exact) mass is 404 g/mol. The highest BCUT2D eigenvalue weighted by atomic mass is 16.4. The Labute approximate surface area is 161 Å². The van der Waals surface area contributed by atoms with Crippen LogP contribution < -0.4 is 21.7 Å². The van der Waals surface area contributed by atoms with Crippen molar-refractivity contribution in [3.05, 3.63) is 0 Å². The first-order valence-electron chi connectivity index (χ1n) is 8.66. The van der Waals surface area contributed by atoms with Gasteiger partial charge in [0.05, 0.1) is 19.1 Å². The number of nitrogens with one attached hydrogen (secondary N) is 3. The molecule has 0 saturated heterocycles. The SMILES string of the molecule is CCC(C)C(NC(=O)C(N)CC(=O)O)C(=O)NC(CO)C(=O)NC(C)C(=O)O. The highest BCUT2D eigenvalue weighted by Gasteiger charge is 2.31. The van der Waals surface area contributed by atoms with Gasteiger partial charge in [-0.2, -0.15) is 0 Å². The summed E-state index contributed by atoms with van der Waals surface area (Å²) < 4.78 is 0. The molecule has 0 rings (SSSR count). The maximum absolute atomic E-state index is 12.5. The topological polar surface area (TPSA) is 208 Å². The minimum absolute atomic E-state index is 0.402. The lowest BCUT2D eigenvalue weighted by Crippen LogP contribution is -2.59. The third-order valence-electron chi connectivity index (χ3n) is 4.07. The van der Waals surface area contributed by atoms with Crippen LogP contribution in [0.5, 0.6) is 0 Å². The van der Waals surface area contributed by atoms with Crippen LogP contribution >= 0.6 is 0 Å². The van der Waals surface area contributed by atoms with E-state index in [9.17, 15) is 29.1 Å². The lowest BCUT2D eigenvalue weighted by Gasteiger charge is -2.27. The highest BCUT2D eigenvalue weighted by molar-refractivity contribution is 5.94. The largest absolute Gasteiger partial charge is 0.481 e. The third-order valence-corrected chi connectivity index (χ3v) is 4.07. The fourth-order valence-electron chi connectivity index (χ4n) is 2.07.